The summed E-state index contributed by atoms with van der Waals surface area (Å²) in [7, 11) is 0. The quantitative estimate of drug-likeness (QED) is 0.759. The minimum absolute atomic E-state index is 0.0515. The Morgan fingerprint density at radius 1 is 1.19 bits per heavy atom. The lowest BCUT2D eigenvalue weighted by Gasteiger charge is -2.06. The van der Waals surface area contributed by atoms with E-state index in [1.807, 2.05) is 6.07 Å². The van der Waals surface area contributed by atoms with Gasteiger partial charge in [0.1, 0.15) is 5.75 Å². The summed E-state index contributed by atoms with van der Waals surface area (Å²) in [6.07, 6.45) is 1.47. The van der Waals surface area contributed by atoms with E-state index in [0.717, 1.165) is 0 Å². The Kier molecular flexibility index (Phi) is 3.37. The number of benzene rings is 1. The molecule has 16 heavy (non-hydrogen) atoms. The maximum atomic E-state index is 13.7. The van der Waals surface area contributed by atoms with Crippen molar-refractivity contribution >= 4 is 11.6 Å². The Labute approximate surface area is 97.7 Å². The summed E-state index contributed by atoms with van der Waals surface area (Å²) in [5.41, 5.74) is 0.377. The van der Waals surface area contributed by atoms with Gasteiger partial charge in [0.25, 0.3) is 5.88 Å². The molecular weight excluding hydrogens is 229 g/mol. The van der Waals surface area contributed by atoms with E-state index >= 15 is 0 Å². The van der Waals surface area contributed by atoms with E-state index in [1.165, 1.54) is 12.3 Å². The molecule has 0 radical (unpaired) electrons. The Bertz CT molecular complexity index is 476. The minimum Gasteiger partial charge on any atom is -0.436 e. The molecule has 0 aliphatic rings. The molecule has 1 aromatic heterocycles. The zero-order chi connectivity index (χ0) is 11.4. The second-order valence-corrected chi connectivity index (χ2v) is 3.41. The summed E-state index contributed by atoms with van der Waals surface area (Å²) in [6, 6.07) is 10.5. The zero-order valence-electron chi connectivity index (χ0n) is 8.36. The van der Waals surface area contributed by atoms with E-state index in [2.05, 4.69) is 4.98 Å². The fraction of sp³-hybridized carbons (Fsp3) is 0.0833. The van der Waals surface area contributed by atoms with Crippen molar-refractivity contribution in [2.75, 3.05) is 0 Å². The van der Waals surface area contributed by atoms with Gasteiger partial charge in [0, 0.05) is 11.8 Å². The Hall–Kier alpha value is -1.61. The largest absolute Gasteiger partial charge is 0.436 e. The zero-order valence-corrected chi connectivity index (χ0v) is 9.12. The van der Waals surface area contributed by atoms with Gasteiger partial charge in [0.15, 0.2) is 5.82 Å². The van der Waals surface area contributed by atoms with Crippen LogP contribution in [0.25, 0.3) is 0 Å². The van der Waals surface area contributed by atoms with Crippen molar-refractivity contribution in [2.24, 2.45) is 0 Å². The standard InChI is InChI=1S/C12H9ClFNO/c13-8-9-6-7-15-12(11(9)14)16-10-4-2-1-3-5-10/h1-7H,8H2. The van der Waals surface area contributed by atoms with Crippen LogP contribution in [-0.4, -0.2) is 4.98 Å². The first-order valence-corrected chi connectivity index (χ1v) is 5.27. The second kappa shape index (κ2) is 4.94. The molecular formula is C12H9ClFNO. The highest BCUT2D eigenvalue weighted by Crippen LogP contribution is 2.24. The Morgan fingerprint density at radius 2 is 1.94 bits per heavy atom. The molecule has 1 heterocycles. The van der Waals surface area contributed by atoms with Crippen molar-refractivity contribution in [3.05, 3.63) is 54.0 Å². The first-order chi connectivity index (χ1) is 7.81. The van der Waals surface area contributed by atoms with Crippen LogP contribution in [0.15, 0.2) is 42.6 Å². The summed E-state index contributed by atoms with van der Waals surface area (Å²) >= 11 is 5.58. The first kappa shape index (κ1) is 10.9. The topological polar surface area (TPSA) is 22.1 Å². The van der Waals surface area contributed by atoms with Crippen LogP contribution in [0.1, 0.15) is 5.56 Å². The summed E-state index contributed by atoms with van der Waals surface area (Å²) in [4.78, 5) is 3.83. The first-order valence-electron chi connectivity index (χ1n) is 4.73. The van der Waals surface area contributed by atoms with E-state index in [1.54, 1.807) is 24.3 Å². The number of rotatable bonds is 3. The fourth-order valence-electron chi connectivity index (χ4n) is 1.24. The van der Waals surface area contributed by atoms with Gasteiger partial charge in [0.2, 0.25) is 0 Å². The number of halogens is 2. The third-order valence-electron chi connectivity index (χ3n) is 2.04. The van der Waals surface area contributed by atoms with Crippen molar-refractivity contribution in [2.45, 2.75) is 5.88 Å². The van der Waals surface area contributed by atoms with Gasteiger partial charge in [-0.15, -0.1) is 11.6 Å². The van der Waals surface area contributed by atoms with Crippen LogP contribution in [-0.2, 0) is 5.88 Å². The van der Waals surface area contributed by atoms with Crippen molar-refractivity contribution in [3.63, 3.8) is 0 Å². The Morgan fingerprint density at radius 3 is 2.62 bits per heavy atom. The lowest BCUT2D eigenvalue weighted by molar-refractivity contribution is 0.420. The number of para-hydroxylation sites is 1. The van der Waals surface area contributed by atoms with E-state index in [4.69, 9.17) is 16.3 Å². The van der Waals surface area contributed by atoms with Crippen molar-refractivity contribution in [1.29, 1.82) is 0 Å². The lowest BCUT2D eigenvalue weighted by atomic mass is 10.3. The number of aromatic nitrogens is 1. The predicted octanol–water partition coefficient (Wildman–Crippen LogP) is 3.75. The van der Waals surface area contributed by atoms with E-state index in [0.29, 0.717) is 11.3 Å². The molecule has 0 spiro atoms. The number of hydrogen-bond acceptors (Lipinski definition) is 2. The van der Waals surface area contributed by atoms with Crippen LogP contribution >= 0.6 is 11.6 Å². The van der Waals surface area contributed by atoms with Crippen LogP contribution in [0, 0.1) is 5.82 Å². The third kappa shape index (κ3) is 2.31. The van der Waals surface area contributed by atoms with Gasteiger partial charge in [-0.1, -0.05) is 18.2 Å². The molecule has 0 fully saturated rings. The second-order valence-electron chi connectivity index (χ2n) is 3.14. The average molecular weight is 238 g/mol. The highest BCUT2D eigenvalue weighted by molar-refractivity contribution is 6.17. The summed E-state index contributed by atoms with van der Waals surface area (Å²) in [5.74, 6) is 0.0748. The van der Waals surface area contributed by atoms with Crippen molar-refractivity contribution < 1.29 is 9.13 Å². The molecule has 0 N–H and O–H groups in total. The molecule has 0 aliphatic carbocycles. The van der Waals surface area contributed by atoms with E-state index in [9.17, 15) is 4.39 Å². The fourth-order valence-corrected chi connectivity index (χ4v) is 1.44. The number of alkyl halides is 1. The molecule has 0 aliphatic heterocycles. The number of hydrogen-bond donors (Lipinski definition) is 0. The molecule has 2 aromatic rings. The maximum absolute atomic E-state index is 13.7. The number of nitrogens with zero attached hydrogens (tertiary/aromatic N) is 1. The van der Waals surface area contributed by atoms with E-state index in [-0.39, 0.29) is 11.8 Å². The van der Waals surface area contributed by atoms with Crippen LogP contribution in [0.5, 0.6) is 11.6 Å². The lowest BCUT2D eigenvalue weighted by Crippen LogP contribution is -1.95. The maximum Gasteiger partial charge on any atom is 0.256 e. The average Bonchev–Trinajstić information content (AvgIpc) is 2.33. The van der Waals surface area contributed by atoms with Gasteiger partial charge in [-0.25, -0.2) is 9.37 Å². The molecule has 1 aromatic carbocycles. The summed E-state index contributed by atoms with van der Waals surface area (Å²) in [6.45, 7) is 0. The molecule has 0 saturated carbocycles. The van der Waals surface area contributed by atoms with Gasteiger partial charge in [-0.2, -0.15) is 0 Å². The van der Waals surface area contributed by atoms with Gasteiger partial charge < -0.3 is 4.74 Å². The van der Waals surface area contributed by atoms with Crippen LogP contribution in [0.4, 0.5) is 4.39 Å². The molecule has 2 rings (SSSR count). The monoisotopic (exact) mass is 237 g/mol. The molecule has 0 saturated heterocycles. The van der Waals surface area contributed by atoms with Gasteiger partial charge in [-0.05, 0) is 18.2 Å². The minimum atomic E-state index is -0.513. The smallest absolute Gasteiger partial charge is 0.256 e. The predicted molar refractivity (Wildman–Crippen MR) is 60.3 cm³/mol. The van der Waals surface area contributed by atoms with Crippen LogP contribution < -0.4 is 4.74 Å². The molecule has 0 atom stereocenters. The Balaban J connectivity index is 2.28. The highest BCUT2D eigenvalue weighted by Gasteiger charge is 2.10. The molecule has 82 valence electrons. The summed E-state index contributed by atoms with van der Waals surface area (Å²) in [5, 5.41) is 0. The molecule has 2 nitrogen and oxygen atoms in total. The van der Waals surface area contributed by atoms with Gasteiger partial charge in [0.05, 0.1) is 5.88 Å². The summed E-state index contributed by atoms with van der Waals surface area (Å²) < 4.78 is 19.0. The van der Waals surface area contributed by atoms with Crippen LogP contribution in [0.3, 0.4) is 0 Å². The van der Waals surface area contributed by atoms with Crippen molar-refractivity contribution in [1.82, 2.24) is 4.98 Å². The third-order valence-corrected chi connectivity index (χ3v) is 2.33. The normalized spacial score (nSPS) is 10.1. The van der Waals surface area contributed by atoms with Gasteiger partial charge in [-0.3, -0.25) is 0 Å². The SMILES string of the molecule is Fc1c(CCl)ccnc1Oc1ccccc1. The molecule has 0 bridgehead atoms. The van der Waals surface area contributed by atoms with E-state index < -0.39 is 5.82 Å². The molecule has 0 unspecified atom stereocenters. The van der Waals surface area contributed by atoms with Gasteiger partial charge >= 0.3 is 0 Å². The number of pyridine rings is 1. The molecule has 4 heteroatoms. The van der Waals surface area contributed by atoms with Crippen molar-refractivity contribution in [3.8, 4) is 11.6 Å². The van der Waals surface area contributed by atoms with Crippen LogP contribution in [0.2, 0.25) is 0 Å². The molecule has 0 amide bonds. The number of ether oxygens (including phenoxy) is 1. The highest BCUT2D eigenvalue weighted by atomic mass is 35.5.